The first-order valence-electron chi connectivity index (χ1n) is 14.9. The topological polar surface area (TPSA) is 165 Å². The van der Waals surface area contributed by atoms with Crippen molar-refractivity contribution in [2.45, 2.75) is 44.4 Å². The van der Waals surface area contributed by atoms with E-state index in [1.165, 1.54) is 35.2 Å². The van der Waals surface area contributed by atoms with Crippen molar-refractivity contribution in [2.24, 2.45) is 0 Å². The SMILES string of the molecule is O=C(CN1C(=O)[C@@H](NC(=O)c2ccccc2C(=O)N2CCCC2)[C@H]1CCC(=O)Oc1ccccc1)OCc1ccc([N+](=O)[O-])cc1. The van der Waals surface area contributed by atoms with Crippen molar-refractivity contribution in [1.29, 1.82) is 0 Å². The Morgan fingerprint density at radius 2 is 1.52 bits per heavy atom. The molecule has 0 aliphatic carbocycles. The van der Waals surface area contributed by atoms with Crippen molar-refractivity contribution in [3.63, 3.8) is 0 Å². The highest BCUT2D eigenvalue weighted by Gasteiger charge is 2.49. The van der Waals surface area contributed by atoms with Gasteiger partial charge < -0.3 is 24.6 Å². The molecule has 3 aromatic rings. The molecule has 0 saturated carbocycles. The van der Waals surface area contributed by atoms with Crippen LogP contribution in [0.25, 0.3) is 0 Å². The number of ether oxygens (including phenoxy) is 2. The van der Waals surface area contributed by atoms with Crippen molar-refractivity contribution in [3.05, 3.63) is 106 Å². The third-order valence-electron chi connectivity index (χ3n) is 7.88. The number of nitrogens with zero attached hydrogens (tertiary/aromatic N) is 3. The zero-order chi connectivity index (χ0) is 32.6. The molecule has 3 amide bonds. The predicted molar refractivity (Wildman–Crippen MR) is 163 cm³/mol. The van der Waals surface area contributed by atoms with Crippen LogP contribution in [-0.4, -0.2) is 76.1 Å². The summed E-state index contributed by atoms with van der Waals surface area (Å²) < 4.78 is 10.6. The fraction of sp³-hybridized carbons (Fsp3) is 0.303. The summed E-state index contributed by atoms with van der Waals surface area (Å²) in [5.74, 6) is -2.38. The summed E-state index contributed by atoms with van der Waals surface area (Å²) in [4.78, 5) is 78.4. The molecule has 2 fully saturated rings. The van der Waals surface area contributed by atoms with Crippen molar-refractivity contribution in [1.82, 2.24) is 15.1 Å². The number of para-hydroxylation sites is 1. The van der Waals surface area contributed by atoms with Crippen LogP contribution < -0.4 is 10.1 Å². The van der Waals surface area contributed by atoms with Crippen LogP contribution in [0.2, 0.25) is 0 Å². The Morgan fingerprint density at radius 3 is 2.20 bits per heavy atom. The number of hydrogen-bond donors (Lipinski definition) is 1. The summed E-state index contributed by atoms with van der Waals surface area (Å²) >= 11 is 0. The van der Waals surface area contributed by atoms with E-state index in [-0.39, 0.29) is 42.2 Å². The van der Waals surface area contributed by atoms with Crippen LogP contribution in [-0.2, 0) is 25.7 Å². The number of benzene rings is 3. The minimum Gasteiger partial charge on any atom is -0.459 e. The molecule has 0 bridgehead atoms. The Hall–Kier alpha value is -5.59. The quantitative estimate of drug-likeness (QED) is 0.104. The molecule has 0 radical (unpaired) electrons. The highest BCUT2D eigenvalue weighted by atomic mass is 16.6. The fourth-order valence-corrected chi connectivity index (χ4v) is 5.46. The number of hydrogen-bond acceptors (Lipinski definition) is 9. The summed E-state index contributed by atoms with van der Waals surface area (Å²) in [6.45, 7) is 0.591. The number of β-lactam (4-membered cyclic amide) rings is 1. The summed E-state index contributed by atoms with van der Waals surface area (Å²) in [6.07, 6.45) is 1.73. The largest absolute Gasteiger partial charge is 0.459 e. The standard InChI is InChI=1S/C33H32N4O9/c38-28(46-24-8-2-1-3-9-24)17-16-27-30(34-31(40)25-10-4-5-11-26(25)32(41)35-18-6-7-19-35)33(42)36(27)20-29(39)45-21-22-12-14-23(15-13-22)37(43)44/h1-5,8-15,27,30H,6-7,16-21H2,(H,34,40)/t27-,30+/m1/s1. The lowest BCUT2D eigenvalue weighted by molar-refractivity contribution is -0.384. The van der Waals surface area contributed by atoms with E-state index in [1.807, 2.05) is 0 Å². The first kappa shape index (κ1) is 31.8. The molecule has 0 spiro atoms. The molecule has 13 nitrogen and oxygen atoms in total. The number of amides is 3. The number of nitrogens with one attached hydrogen (secondary N) is 1. The molecular weight excluding hydrogens is 596 g/mol. The molecule has 2 aliphatic heterocycles. The van der Waals surface area contributed by atoms with Crippen LogP contribution in [0.3, 0.4) is 0 Å². The van der Waals surface area contributed by atoms with E-state index < -0.39 is 47.3 Å². The second kappa shape index (κ2) is 14.5. The molecule has 2 saturated heterocycles. The molecule has 0 aromatic heterocycles. The van der Waals surface area contributed by atoms with Gasteiger partial charge in [0.1, 0.15) is 24.9 Å². The van der Waals surface area contributed by atoms with Crippen molar-refractivity contribution in [3.8, 4) is 5.75 Å². The van der Waals surface area contributed by atoms with Crippen LogP contribution >= 0.6 is 0 Å². The van der Waals surface area contributed by atoms with E-state index in [4.69, 9.17) is 9.47 Å². The summed E-state index contributed by atoms with van der Waals surface area (Å²) in [5, 5.41) is 13.6. The Morgan fingerprint density at radius 1 is 0.870 bits per heavy atom. The number of rotatable bonds is 12. The third kappa shape index (κ3) is 7.54. The van der Waals surface area contributed by atoms with Crippen LogP contribution in [0.1, 0.15) is 52.0 Å². The van der Waals surface area contributed by atoms with Gasteiger partial charge in [-0.3, -0.25) is 34.1 Å². The normalized spacial score (nSPS) is 17.2. The third-order valence-corrected chi connectivity index (χ3v) is 7.88. The molecule has 0 unspecified atom stereocenters. The van der Waals surface area contributed by atoms with Crippen LogP contribution in [0.15, 0.2) is 78.9 Å². The van der Waals surface area contributed by atoms with Gasteiger partial charge in [0, 0.05) is 31.6 Å². The maximum atomic E-state index is 13.4. The summed E-state index contributed by atoms with van der Waals surface area (Å²) in [6, 6.07) is 18.5. The summed E-state index contributed by atoms with van der Waals surface area (Å²) in [7, 11) is 0. The van der Waals surface area contributed by atoms with Gasteiger partial charge in [-0.15, -0.1) is 0 Å². The minimum atomic E-state index is -1.06. The second-order valence-electron chi connectivity index (χ2n) is 10.9. The predicted octanol–water partition coefficient (Wildman–Crippen LogP) is 3.27. The number of nitro groups is 1. The molecule has 13 heteroatoms. The maximum absolute atomic E-state index is 13.4. The number of nitro benzene ring substituents is 1. The number of non-ortho nitro benzene ring substituents is 1. The zero-order valence-corrected chi connectivity index (χ0v) is 24.8. The monoisotopic (exact) mass is 628 g/mol. The average molecular weight is 629 g/mol. The van der Waals surface area contributed by atoms with Crippen molar-refractivity contribution >= 4 is 35.3 Å². The van der Waals surface area contributed by atoms with E-state index in [2.05, 4.69) is 5.32 Å². The van der Waals surface area contributed by atoms with E-state index in [0.29, 0.717) is 24.4 Å². The van der Waals surface area contributed by atoms with Gasteiger partial charge >= 0.3 is 11.9 Å². The van der Waals surface area contributed by atoms with Gasteiger partial charge in [0.15, 0.2) is 0 Å². The lowest BCUT2D eigenvalue weighted by Gasteiger charge is -2.46. The lowest BCUT2D eigenvalue weighted by atomic mass is 9.90. The van der Waals surface area contributed by atoms with Gasteiger partial charge in [-0.05, 0) is 61.2 Å². The van der Waals surface area contributed by atoms with Gasteiger partial charge in [0.05, 0.1) is 22.1 Å². The minimum absolute atomic E-state index is 0.0757. The fourth-order valence-electron chi connectivity index (χ4n) is 5.46. The summed E-state index contributed by atoms with van der Waals surface area (Å²) in [5.41, 5.74) is 0.756. The molecular formula is C33H32N4O9. The molecule has 2 aliphatic rings. The van der Waals surface area contributed by atoms with Gasteiger partial charge in [-0.1, -0.05) is 30.3 Å². The number of likely N-dealkylation sites (tertiary alicyclic amines) is 2. The highest BCUT2D eigenvalue weighted by Crippen LogP contribution is 2.26. The number of carbonyl (C=O) groups is 5. The Kier molecular flexibility index (Phi) is 10.0. The lowest BCUT2D eigenvalue weighted by Crippen LogP contribution is -2.71. The van der Waals surface area contributed by atoms with Crippen molar-refractivity contribution < 1.29 is 38.4 Å². The van der Waals surface area contributed by atoms with E-state index >= 15 is 0 Å². The van der Waals surface area contributed by atoms with Gasteiger partial charge in [-0.25, -0.2) is 0 Å². The van der Waals surface area contributed by atoms with Crippen LogP contribution in [0.5, 0.6) is 5.75 Å². The average Bonchev–Trinajstić information content (AvgIpc) is 3.61. The molecule has 2 atom stereocenters. The number of esters is 2. The van der Waals surface area contributed by atoms with E-state index in [0.717, 1.165) is 12.8 Å². The van der Waals surface area contributed by atoms with Gasteiger partial charge in [0.25, 0.3) is 17.5 Å². The molecule has 1 N–H and O–H groups in total. The number of carbonyl (C=O) groups excluding carboxylic acids is 5. The first-order chi connectivity index (χ1) is 22.2. The Balaban J connectivity index is 1.25. The Bertz CT molecular complexity index is 1620. The van der Waals surface area contributed by atoms with Crippen molar-refractivity contribution in [2.75, 3.05) is 19.6 Å². The highest BCUT2D eigenvalue weighted by molar-refractivity contribution is 6.09. The first-order valence-corrected chi connectivity index (χ1v) is 14.9. The second-order valence-corrected chi connectivity index (χ2v) is 10.9. The van der Waals surface area contributed by atoms with Gasteiger partial charge in [0.2, 0.25) is 5.91 Å². The molecule has 5 rings (SSSR count). The Labute approximate surface area is 264 Å². The molecule has 46 heavy (non-hydrogen) atoms. The maximum Gasteiger partial charge on any atom is 0.325 e. The van der Waals surface area contributed by atoms with Crippen LogP contribution in [0, 0.1) is 10.1 Å². The van der Waals surface area contributed by atoms with E-state index in [9.17, 15) is 34.1 Å². The van der Waals surface area contributed by atoms with Gasteiger partial charge in [-0.2, -0.15) is 0 Å². The molecule has 2 heterocycles. The zero-order valence-electron chi connectivity index (χ0n) is 24.8. The molecule has 238 valence electrons. The van der Waals surface area contributed by atoms with Crippen LogP contribution in [0.4, 0.5) is 5.69 Å². The smallest absolute Gasteiger partial charge is 0.325 e. The molecule has 3 aromatic carbocycles. The van der Waals surface area contributed by atoms with E-state index in [1.54, 1.807) is 53.4 Å².